The molecular weight excluding hydrogens is 425 g/mol. The third-order valence-corrected chi connectivity index (χ3v) is 4.71. The highest BCUT2D eigenvalue weighted by atomic mass is 79.9. The minimum atomic E-state index is -1.05. The Kier molecular flexibility index (Phi) is 5.65. The molecule has 0 atom stereocenters. The monoisotopic (exact) mass is 438 g/mol. The first kappa shape index (κ1) is 19.2. The Balaban J connectivity index is 1.87. The van der Waals surface area contributed by atoms with Crippen molar-refractivity contribution in [3.8, 4) is 5.75 Å². The van der Waals surface area contributed by atoms with Crippen molar-refractivity contribution in [2.75, 3.05) is 0 Å². The van der Waals surface area contributed by atoms with Crippen LogP contribution in [-0.4, -0.2) is 9.55 Å². The highest BCUT2D eigenvalue weighted by Crippen LogP contribution is 2.25. The zero-order valence-electron chi connectivity index (χ0n) is 14.2. The summed E-state index contributed by atoms with van der Waals surface area (Å²) in [6.45, 7) is 1.58. The van der Waals surface area contributed by atoms with Gasteiger partial charge in [-0.05, 0) is 40.5 Å². The van der Waals surface area contributed by atoms with Gasteiger partial charge in [0.15, 0.2) is 0 Å². The molecule has 2 aromatic heterocycles. The van der Waals surface area contributed by atoms with Crippen molar-refractivity contribution in [1.29, 1.82) is 0 Å². The van der Waals surface area contributed by atoms with E-state index in [0.717, 1.165) is 5.56 Å². The smallest absolute Gasteiger partial charge is 0.269 e. The molecule has 0 aliphatic carbocycles. The molecule has 0 saturated heterocycles. The van der Waals surface area contributed by atoms with E-state index in [0.29, 0.717) is 24.4 Å². The molecule has 0 unspecified atom stereocenters. The third kappa shape index (κ3) is 4.21. The van der Waals surface area contributed by atoms with Crippen LogP contribution in [0.15, 0.2) is 52.0 Å². The zero-order chi connectivity index (χ0) is 19.6. The average Bonchev–Trinajstić information content (AvgIpc) is 2.62. The maximum atomic E-state index is 13.7. The Morgan fingerprint density at radius 1 is 1.11 bits per heavy atom. The minimum Gasteiger partial charge on any atom is -0.487 e. The largest absolute Gasteiger partial charge is 0.487 e. The van der Waals surface area contributed by atoms with Crippen molar-refractivity contribution in [2.45, 2.75) is 20.1 Å². The lowest BCUT2D eigenvalue weighted by Crippen LogP contribution is -2.24. The fourth-order valence-electron chi connectivity index (χ4n) is 2.55. The van der Waals surface area contributed by atoms with Crippen molar-refractivity contribution in [2.24, 2.45) is 0 Å². The van der Waals surface area contributed by atoms with Gasteiger partial charge in [-0.25, -0.2) is 13.2 Å². The van der Waals surface area contributed by atoms with Gasteiger partial charge < -0.3 is 9.30 Å². The molecule has 2 heterocycles. The van der Waals surface area contributed by atoms with Crippen LogP contribution in [-0.2, 0) is 13.2 Å². The van der Waals surface area contributed by atoms with Crippen LogP contribution >= 0.6 is 15.9 Å². The molecule has 27 heavy (non-hydrogen) atoms. The molecule has 0 amide bonds. The Morgan fingerprint density at radius 2 is 1.74 bits per heavy atom. The molecule has 4 nitrogen and oxygen atoms in total. The van der Waals surface area contributed by atoms with E-state index in [9.17, 15) is 18.0 Å². The zero-order valence-corrected chi connectivity index (χ0v) is 15.8. The van der Waals surface area contributed by atoms with E-state index >= 15 is 0 Å². The van der Waals surface area contributed by atoms with E-state index in [2.05, 4.69) is 20.9 Å². The van der Waals surface area contributed by atoms with Crippen LogP contribution < -0.4 is 10.3 Å². The van der Waals surface area contributed by atoms with Crippen LogP contribution in [0.3, 0.4) is 0 Å². The van der Waals surface area contributed by atoms with Crippen molar-refractivity contribution in [3.63, 3.8) is 0 Å². The number of ether oxygens (including phenoxy) is 1. The Morgan fingerprint density at radius 3 is 2.37 bits per heavy atom. The van der Waals surface area contributed by atoms with Crippen molar-refractivity contribution < 1.29 is 17.9 Å². The number of hydrogen-bond donors (Lipinski definition) is 0. The normalized spacial score (nSPS) is 10.9. The summed E-state index contributed by atoms with van der Waals surface area (Å²) < 4.78 is 47.5. The average molecular weight is 439 g/mol. The van der Waals surface area contributed by atoms with Crippen molar-refractivity contribution >= 4 is 15.9 Å². The highest BCUT2D eigenvalue weighted by Gasteiger charge is 2.16. The molecule has 0 aliphatic rings. The van der Waals surface area contributed by atoms with Crippen molar-refractivity contribution in [3.05, 3.63) is 91.8 Å². The maximum Gasteiger partial charge on any atom is 0.269 e. The van der Waals surface area contributed by atoms with Crippen LogP contribution in [0.5, 0.6) is 5.75 Å². The van der Waals surface area contributed by atoms with E-state index in [-0.39, 0.29) is 15.8 Å². The molecule has 0 spiro atoms. The molecule has 0 aliphatic heterocycles. The summed E-state index contributed by atoms with van der Waals surface area (Å²) in [5.41, 5.74) is 0.741. The molecule has 0 fully saturated rings. The topological polar surface area (TPSA) is 44.1 Å². The molecular formula is C19H14BrF3N2O2. The number of benzene rings is 1. The first-order valence-corrected chi connectivity index (χ1v) is 8.71. The number of aromatic nitrogens is 2. The molecule has 140 valence electrons. The number of rotatable bonds is 5. The molecule has 8 heteroatoms. The molecule has 0 saturated carbocycles. The number of pyridine rings is 2. The van der Waals surface area contributed by atoms with Crippen LogP contribution in [0, 0.1) is 24.4 Å². The lowest BCUT2D eigenvalue weighted by molar-refractivity contribution is 0.288. The lowest BCUT2D eigenvalue weighted by Gasteiger charge is -2.15. The summed E-state index contributed by atoms with van der Waals surface area (Å²) in [7, 11) is 0. The predicted octanol–water partition coefficient (Wildman–Crippen LogP) is 4.36. The van der Waals surface area contributed by atoms with E-state index < -0.39 is 29.6 Å². The first-order valence-electron chi connectivity index (χ1n) is 7.92. The second-order valence-electron chi connectivity index (χ2n) is 5.85. The number of aryl methyl sites for hydroxylation is 1. The van der Waals surface area contributed by atoms with Gasteiger partial charge in [0.25, 0.3) is 5.56 Å². The van der Waals surface area contributed by atoms with E-state index in [4.69, 9.17) is 4.74 Å². The fourth-order valence-corrected chi connectivity index (χ4v) is 2.99. The third-order valence-electron chi connectivity index (χ3n) is 3.98. The molecule has 3 aromatic rings. The van der Waals surface area contributed by atoms with Crippen LogP contribution in [0.4, 0.5) is 13.2 Å². The van der Waals surface area contributed by atoms with Gasteiger partial charge in [0.1, 0.15) is 34.3 Å². The van der Waals surface area contributed by atoms with E-state index in [1.807, 2.05) is 0 Å². The van der Waals surface area contributed by atoms with Gasteiger partial charge in [-0.2, -0.15) is 0 Å². The molecule has 1 aromatic carbocycles. The van der Waals surface area contributed by atoms with Gasteiger partial charge in [0, 0.05) is 36.3 Å². The first-order chi connectivity index (χ1) is 12.9. The standard InChI is InChI=1S/C19H14BrF3N2O2/c1-11-6-17(27-10-14-15(22)7-13(21)8-16(14)23)18(20)19(26)25(11)9-12-2-4-24-5-3-12/h2-8H,9-10H2,1H3. The number of nitrogens with zero attached hydrogens (tertiary/aromatic N) is 2. The van der Waals surface area contributed by atoms with Gasteiger partial charge in [-0.1, -0.05) is 0 Å². The summed E-state index contributed by atoms with van der Waals surface area (Å²) in [5, 5.41) is 0. The SMILES string of the molecule is Cc1cc(OCc2c(F)cc(F)cc2F)c(Br)c(=O)n1Cc1ccncc1. The molecule has 0 bridgehead atoms. The quantitative estimate of drug-likeness (QED) is 0.594. The Bertz CT molecular complexity index is 1020. The van der Waals surface area contributed by atoms with E-state index in [1.54, 1.807) is 37.5 Å². The van der Waals surface area contributed by atoms with Crippen molar-refractivity contribution in [1.82, 2.24) is 9.55 Å². The summed E-state index contributed by atoms with van der Waals surface area (Å²) in [4.78, 5) is 16.6. The van der Waals surface area contributed by atoms with Crippen LogP contribution in [0.25, 0.3) is 0 Å². The fraction of sp³-hybridized carbons (Fsp3) is 0.158. The highest BCUT2D eigenvalue weighted by molar-refractivity contribution is 9.10. The molecule has 0 N–H and O–H groups in total. The molecule has 3 rings (SSSR count). The van der Waals surface area contributed by atoms with E-state index in [1.165, 1.54) is 4.57 Å². The number of halogens is 4. The lowest BCUT2D eigenvalue weighted by atomic mass is 10.2. The second-order valence-corrected chi connectivity index (χ2v) is 6.64. The summed E-state index contributed by atoms with van der Waals surface area (Å²) in [6, 6.07) is 6.34. The second kappa shape index (κ2) is 7.96. The summed E-state index contributed by atoms with van der Waals surface area (Å²) in [5.74, 6) is -2.96. The van der Waals surface area contributed by atoms with Gasteiger partial charge >= 0.3 is 0 Å². The molecule has 0 radical (unpaired) electrons. The Hall–Kier alpha value is -2.61. The van der Waals surface area contributed by atoms with Gasteiger partial charge in [0.05, 0.1) is 12.1 Å². The minimum absolute atomic E-state index is 0.130. The van der Waals surface area contributed by atoms with Crippen LogP contribution in [0.1, 0.15) is 16.8 Å². The Labute approximate surface area is 161 Å². The summed E-state index contributed by atoms with van der Waals surface area (Å²) >= 11 is 3.18. The number of hydrogen-bond acceptors (Lipinski definition) is 3. The maximum absolute atomic E-state index is 13.7. The summed E-state index contributed by atoms with van der Waals surface area (Å²) in [6.07, 6.45) is 3.27. The van der Waals surface area contributed by atoms with Gasteiger partial charge in [0.2, 0.25) is 0 Å². The predicted molar refractivity (Wildman–Crippen MR) is 97.1 cm³/mol. The van der Waals surface area contributed by atoms with Gasteiger partial charge in [-0.15, -0.1) is 0 Å². The van der Waals surface area contributed by atoms with Crippen LogP contribution in [0.2, 0.25) is 0 Å². The van der Waals surface area contributed by atoms with Gasteiger partial charge in [-0.3, -0.25) is 9.78 Å².